The molecule has 0 heterocycles. The van der Waals surface area contributed by atoms with Crippen LogP contribution in [0.5, 0.6) is 0 Å². The maximum absolute atomic E-state index is 4.50. The second-order valence-corrected chi connectivity index (χ2v) is 4.36. The van der Waals surface area contributed by atoms with E-state index in [-0.39, 0.29) is 0 Å². The third-order valence-corrected chi connectivity index (χ3v) is 3.13. The van der Waals surface area contributed by atoms with E-state index >= 15 is 0 Å². The van der Waals surface area contributed by atoms with Crippen molar-refractivity contribution in [3.63, 3.8) is 0 Å². The minimum Gasteiger partial charge on any atom is -0.333 e. The highest BCUT2D eigenvalue weighted by atomic mass is 14.4. The Bertz CT molecular complexity index is 553. The topological polar surface area (TPSA) is 26.0 Å². The zero-order valence-corrected chi connectivity index (χ0v) is 14.3. The van der Waals surface area contributed by atoms with Gasteiger partial charge in [-0.3, -0.25) is 0 Å². The molecule has 2 aromatic rings. The smallest absolute Gasteiger partial charge is 0.00856 e. The number of nitrogens with two attached hydrogens (primary N) is 1. The summed E-state index contributed by atoms with van der Waals surface area (Å²) in [5.41, 5.74) is 9.62. The van der Waals surface area contributed by atoms with E-state index in [4.69, 9.17) is 0 Å². The van der Waals surface area contributed by atoms with Crippen molar-refractivity contribution in [2.24, 2.45) is 5.73 Å². The average Bonchev–Trinajstić information content (AvgIpc) is 2.61. The van der Waals surface area contributed by atoms with E-state index in [1.807, 2.05) is 26.0 Å². The van der Waals surface area contributed by atoms with E-state index in [0.29, 0.717) is 0 Å². The molecule has 118 valence electrons. The number of hydrogen-bond acceptors (Lipinski definition) is 1. The van der Waals surface area contributed by atoms with Crippen LogP contribution in [0.15, 0.2) is 73.3 Å². The Morgan fingerprint density at radius 3 is 2.05 bits per heavy atom. The molecule has 0 amide bonds. The van der Waals surface area contributed by atoms with Crippen molar-refractivity contribution in [2.45, 2.75) is 27.2 Å². The second kappa shape index (κ2) is 12.6. The van der Waals surface area contributed by atoms with Crippen LogP contribution in [0.4, 0.5) is 0 Å². The van der Waals surface area contributed by atoms with E-state index in [1.54, 1.807) is 0 Å². The summed E-state index contributed by atoms with van der Waals surface area (Å²) >= 11 is 0. The maximum Gasteiger partial charge on any atom is -0.00856 e. The van der Waals surface area contributed by atoms with Crippen LogP contribution in [-0.2, 0) is 6.42 Å². The monoisotopic (exact) mass is 295 g/mol. The van der Waals surface area contributed by atoms with Crippen LogP contribution in [-0.4, -0.2) is 7.05 Å². The third kappa shape index (κ3) is 6.55. The molecule has 1 heteroatoms. The minimum absolute atomic E-state index is 0.947. The molecule has 0 fully saturated rings. The summed E-state index contributed by atoms with van der Waals surface area (Å²) in [7, 11) is 1.50. The molecule has 22 heavy (non-hydrogen) atoms. The maximum atomic E-state index is 4.50. The van der Waals surface area contributed by atoms with Crippen LogP contribution in [0.1, 0.15) is 30.5 Å². The van der Waals surface area contributed by atoms with Crippen LogP contribution in [0.3, 0.4) is 0 Å². The van der Waals surface area contributed by atoms with E-state index in [0.717, 1.165) is 6.42 Å². The number of rotatable bonds is 4. The van der Waals surface area contributed by atoms with E-state index in [9.17, 15) is 0 Å². The van der Waals surface area contributed by atoms with Gasteiger partial charge in [0, 0.05) is 0 Å². The highest BCUT2D eigenvalue weighted by Crippen LogP contribution is 2.17. The van der Waals surface area contributed by atoms with Gasteiger partial charge in [-0.25, -0.2) is 0 Å². The first kappa shape index (κ1) is 19.9. The Kier molecular flexibility index (Phi) is 11.4. The Labute approximate surface area is 136 Å². The van der Waals surface area contributed by atoms with Crippen molar-refractivity contribution >= 4 is 5.57 Å². The lowest BCUT2D eigenvalue weighted by atomic mass is 10.0. The van der Waals surface area contributed by atoms with Crippen molar-refractivity contribution in [3.8, 4) is 0 Å². The summed E-state index contributed by atoms with van der Waals surface area (Å²) in [5.74, 6) is 0. The fourth-order valence-electron chi connectivity index (χ4n) is 2.01. The van der Waals surface area contributed by atoms with Gasteiger partial charge < -0.3 is 5.73 Å². The average molecular weight is 295 g/mol. The zero-order valence-electron chi connectivity index (χ0n) is 14.3. The first-order chi connectivity index (χ1) is 10.8. The highest BCUT2D eigenvalue weighted by molar-refractivity contribution is 5.73. The van der Waals surface area contributed by atoms with E-state index in [1.165, 1.54) is 29.3 Å². The fourth-order valence-corrected chi connectivity index (χ4v) is 2.01. The van der Waals surface area contributed by atoms with Crippen molar-refractivity contribution in [3.05, 3.63) is 90.0 Å². The molecule has 0 saturated carbocycles. The van der Waals surface area contributed by atoms with Crippen molar-refractivity contribution in [1.82, 2.24) is 0 Å². The van der Waals surface area contributed by atoms with Gasteiger partial charge in [0.15, 0.2) is 0 Å². The first-order valence-corrected chi connectivity index (χ1v) is 7.81. The van der Waals surface area contributed by atoms with Crippen molar-refractivity contribution in [1.29, 1.82) is 0 Å². The molecule has 0 radical (unpaired) electrons. The van der Waals surface area contributed by atoms with Crippen molar-refractivity contribution < 1.29 is 0 Å². The molecule has 2 N–H and O–H groups in total. The molecule has 0 saturated heterocycles. The van der Waals surface area contributed by atoms with E-state index < -0.39 is 0 Å². The Morgan fingerprint density at radius 2 is 1.50 bits per heavy atom. The Morgan fingerprint density at radius 1 is 0.955 bits per heavy atom. The van der Waals surface area contributed by atoms with E-state index in [2.05, 4.69) is 73.8 Å². The van der Waals surface area contributed by atoms with Gasteiger partial charge in [-0.05, 0) is 42.7 Å². The molecular weight excluding hydrogens is 266 g/mol. The first-order valence-electron chi connectivity index (χ1n) is 7.81. The molecular formula is C21H29N. The summed E-state index contributed by atoms with van der Waals surface area (Å²) in [6.07, 6.45) is 5.11. The molecule has 0 aliphatic carbocycles. The van der Waals surface area contributed by atoms with Gasteiger partial charge in [0.2, 0.25) is 0 Å². The molecule has 0 bridgehead atoms. The normalized spacial score (nSPS) is 9.77. The summed E-state index contributed by atoms with van der Waals surface area (Å²) < 4.78 is 0. The Hall–Kier alpha value is -2.12. The molecule has 0 atom stereocenters. The van der Waals surface area contributed by atoms with Crippen LogP contribution in [0.25, 0.3) is 5.57 Å². The van der Waals surface area contributed by atoms with Gasteiger partial charge in [-0.1, -0.05) is 87.2 Å². The molecule has 0 aliphatic rings. The summed E-state index contributed by atoms with van der Waals surface area (Å²) in [4.78, 5) is 0. The van der Waals surface area contributed by atoms with Crippen LogP contribution >= 0.6 is 0 Å². The number of benzene rings is 2. The lowest BCUT2D eigenvalue weighted by molar-refractivity contribution is 1.21. The number of hydrogen-bond donors (Lipinski definition) is 1. The lowest BCUT2D eigenvalue weighted by Crippen LogP contribution is -1.87. The predicted octanol–water partition coefficient (Wildman–Crippen LogP) is 5.41. The van der Waals surface area contributed by atoms with Crippen molar-refractivity contribution in [2.75, 3.05) is 7.05 Å². The second-order valence-electron chi connectivity index (χ2n) is 4.36. The molecule has 0 unspecified atom stereocenters. The van der Waals surface area contributed by atoms with Crippen LogP contribution < -0.4 is 5.73 Å². The van der Waals surface area contributed by atoms with Gasteiger partial charge in [0.1, 0.15) is 0 Å². The fraction of sp³-hybridized carbons (Fsp3) is 0.238. The SMILES string of the molecule is C=C/C(=C\Cc1ccccc1C)c1ccccc1.CC.CN. The van der Waals surface area contributed by atoms with Gasteiger partial charge in [0.05, 0.1) is 0 Å². The molecule has 2 rings (SSSR count). The Balaban J connectivity index is 0.00000102. The van der Waals surface area contributed by atoms with Crippen LogP contribution in [0.2, 0.25) is 0 Å². The van der Waals surface area contributed by atoms with Gasteiger partial charge in [-0.15, -0.1) is 0 Å². The molecule has 1 nitrogen and oxygen atoms in total. The lowest BCUT2D eigenvalue weighted by Gasteiger charge is -2.05. The molecule has 2 aromatic carbocycles. The van der Waals surface area contributed by atoms with Crippen LogP contribution in [0, 0.1) is 6.92 Å². The molecule has 0 aromatic heterocycles. The molecule has 0 aliphatic heterocycles. The summed E-state index contributed by atoms with van der Waals surface area (Å²) in [5, 5.41) is 0. The summed E-state index contributed by atoms with van der Waals surface area (Å²) in [6, 6.07) is 18.9. The number of aryl methyl sites for hydroxylation is 1. The van der Waals surface area contributed by atoms with Gasteiger partial charge in [0.25, 0.3) is 0 Å². The predicted molar refractivity (Wildman–Crippen MR) is 101 cm³/mol. The standard InChI is InChI=1S/C18H18.C2H6.CH5N/c1-3-16(18-11-5-4-6-12-18)13-14-17-10-8-7-9-15(17)2;2*1-2/h3-13H,1,14H2,2H3;1-2H3;2H2,1H3/b16-13+;;. The molecule has 0 spiro atoms. The zero-order chi connectivity index (χ0) is 16.8. The minimum atomic E-state index is 0.947. The van der Waals surface area contributed by atoms with Gasteiger partial charge >= 0.3 is 0 Å². The number of allylic oxidation sites excluding steroid dienone is 3. The highest BCUT2D eigenvalue weighted by Gasteiger charge is 1.98. The quantitative estimate of drug-likeness (QED) is 0.750. The largest absolute Gasteiger partial charge is 0.333 e. The van der Waals surface area contributed by atoms with Gasteiger partial charge in [-0.2, -0.15) is 0 Å². The summed E-state index contributed by atoms with van der Waals surface area (Å²) in [6.45, 7) is 10.1. The third-order valence-electron chi connectivity index (χ3n) is 3.13.